The molecule has 0 fully saturated rings. The van der Waals surface area contributed by atoms with E-state index in [4.69, 9.17) is 9.47 Å². The molecule has 0 unspecified atom stereocenters. The molecule has 35 heavy (non-hydrogen) atoms. The molecule has 4 aromatic rings. The second kappa shape index (κ2) is 10.1. The molecule has 0 saturated carbocycles. The Morgan fingerprint density at radius 3 is 2.63 bits per heavy atom. The van der Waals surface area contributed by atoms with Crippen molar-refractivity contribution in [2.75, 3.05) is 4.72 Å². The molecule has 1 aromatic heterocycles. The lowest BCUT2D eigenvalue weighted by atomic mass is 10.0. The molecule has 0 atom stereocenters. The largest absolute Gasteiger partial charge is 0.491 e. The van der Waals surface area contributed by atoms with Crippen LogP contribution in [0.3, 0.4) is 0 Å². The summed E-state index contributed by atoms with van der Waals surface area (Å²) in [6.07, 6.45) is 1.15. The fourth-order valence-corrected chi connectivity index (χ4v) is 5.06. The van der Waals surface area contributed by atoms with Gasteiger partial charge in [-0.25, -0.2) is 17.8 Å². The summed E-state index contributed by atoms with van der Waals surface area (Å²) in [5, 5.41) is 9.71. The van der Waals surface area contributed by atoms with Crippen LogP contribution in [0.1, 0.15) is 19.4 Å². The molecule has 8 nitrogen and oxygen atoms in total. The van der Waals surface area contributed by atoms with Gasteiger partial charge < -0.3 is 9.47 Å². The lowest BCUT2D eigenvalue weighted by Gasteiger charge is -2.17. The number of nitrogens with zero attached hydrogens (tertiary/aromatic N) is 3. The Morgan fingerprint density at radius 2 is 1.91 bits per heavy atom. The molecule has 3 aromatic carbocycles. The predicted molar refractivity (Wildman–Crippen MR) is 130 cm³/mol. The van der Waals surface area contributed by atoms with E-state index in [9.17, 15) is 18.1 Å². The number of rotatable bonds is 8. The number of ether oxygens (including phenoxy) is 2. The summed E-state index contributed by atoms with van der Waals surface area (Å²) in [5.41, 5.74) is 0.924. The van der Waals surface area contributed by atoms with Gasteiger partial charge in [0.2, 0.25) is 5.13 Å². The number of para-hydroxylation sites is 1. The van der Waals surface area contributed by atoms with Gasteiger partial charge >= 0.3 is 0 Å². The van der Waals surface area contributed by atoms with Crippen LogP contribution in [0.5, 0.6) is 17.2 Å². The summed E-state index contributed by atoms with van der Waals surface area (Å²) in [6, 6.07) is 17.0. The van der Waals surface area contributed by atoms with Gasteiger partial charge in [-0.15, -0.1) is 0 Å². The first-order valence-electron chi connectivity index (χ1n) is 10.3. The van der Waals surface area contributed by atoms with E-state index in [1.807, 2.05) is 19.9 Å². The van der Waals surface area contributed by atoms with Crippen molar-refractivity contribution in [1.82, 2.24) is 9.36 Å². The third-order valence-corrected chi connectivity index (χ3v) is 6.71. The lowest BCUT2D eigenvalue weighted by molar-refractivity contribution is 0.242. The van der Waals surface area contributed by atoms with E-state index in [2.05, 4.69) is 14.1 Å². The van der Waals surface area contributed by atoms with Crippen LogP contribution in [0.4, 0.5) is 9.52 Å². The number of nitriles is 1. The highest BCUT2D eigenvalue weighted by molar-refractivity contribution is 7.93. The van der Waals surface area contributed by atoms with Gasteiger partial charge in [0.1, 0.15) is 34.6 Å². The van der Waals surface area contributed by atoms with Crippen LogP contribution in [-0.2, 0) is 10.0 Å². The molecule has 1 N–H and O–H groups in total. The van der Waals surface area contributed by atoms with Crippen LogP contribution < -0.4 is 14.2 Å². The molecule has 0 spiro atoms. The van der Waals surface area contributed by atoms with E-state index < -0.39 is 15.8 Å². The molecule has 0 radical (unpaired) electrons. The standard InChI is InChI=1S/C24H19FN4O4S2/c1-15(2)32-19-7-3-5-16(11-19)20-12-18(25)9-10-21(20)33-23-17(13-26)6-4-8-22(23)35(30,31)29-24-27-14-28-34-24/h3-12,14-15H,1-2H3,(H,27,28,29). The second-order valence-electron chi connectivity index (χ2n) is 7.53. The molecule has 0 amide bonds. The first-order chi connectivity index (χ1) is 16.8. The molecule has 0 saturated heterocycles. The number of halogens is 1. The SMILES string of the molecule is CC(C)Oc1cccc(-c2cc(F)ccc2Oc2c(C#N)cccc2S(=O)(=O)Nc2ncns2)c1. The summed E-state index contributed by atoms with van der Waals surface area (Å²) in [6.45, 7) is 3.78. The van der Waals surface area contributed by atoms with Gasteiger partial charge in [-0.2, -0.15) is 9.64 Å². The minimum atomic E-state index is -4.18. The minimum Gasteiger partial charge on any atom is -0.491 e. The monoisotopic (exact) mass is 510 g/mol. The Hall–Kier alpha value is -4.01. The van der Waals surface area contributed by atoms with Crippen molar-refractivity contribution in [3.05, 3.63) is 78.4 Å². The van der Waals surface area contributed by atoms with Gasteiger partial charge in [-0.3, -0.25) is 4.72 Å². The van der Waals surface area contributed by atoms with Crippen LogP contribution in [0, 0.1) is 17.1 Å². The van der Waals surface area contributed by atoms with Crippen molar-refractivity contribution in [1.29, 1.82) is 5.26 Å². The highest BCUT2D eigenvalue weighted by Gasteiger charge is 2.25. The normalized spacial score (nSPS) is 11.2. The average molecular weight is 511 g/mol. The van der Waals surface area contributed by atoms with Gasteiger partial charge in [0, 0.05) is 17.1 Å². The number of sulfonamides is 1. The zero-order valence-corrected chi connectivity index (χ0v) is 20.2. The third-order valence-electron chi connectivity index (χ3n) is 4.64. The smallest absolute Gasteiger partial charge is 0.267 e. The van der Waals surface area contributed by atoms with E-state index in [1.165, 1.54) is 42.7 Å². The molecule has 1 heterocycles. The lowest BCUT2D eigenvalue weighted by Crippen LogP contribution is -2.14. The maximum Gasteiger partial charge on any atom is 0.267 e. The summed E-state index contributed by atoms with van der Waals surface area (Å²) in [4.78, 5) is 3.55. The van der Waals surface area contributed by atoms with Gasteiger partial charge in [0.05, 0.1) is 11.7 Å². The maximum atomic E-state index is 14.3. The summed E-state index contributed by atoms with van der Waals surface area (Å²) < 4.78 is 58.3. The number of hydrogen-bond acceptors (Lipinski definition) is 8. The van der Waals surface area contributed by atoms with Crippen molar-refractivity contribution in [2.45, 2.75) is 24.8 Å². The zero-order chi connectivity index (χ0) is 25.0. The number of aromatic nitrogens is 2. The van der Waals surface area contributed by atoms with Crippen LogP contribution in [0.2, 0.25) is 0 Å². The molecule has 4 rings (SSSR count). The van der Waals surface area contributed by atoms with Gasteiger partial charge in [0.25, 0.3) is 10.0 Å². The Balaban J connectivity index is 1.80. The van der Waals surface area contributed by atoms with Crippen molar-refractivity contribution in [3.63, 3.8) is 0 Å². The second-order valence-corrected chi connectivity index (χ2v) is 9.96. The van der Waals surface area contributed by atoms with Crippen molar-refractivity contribution >= 4 is 26.7 Å². The summed E-state index contributed by atoms with van der Waals surface area (Å²) in [5.74, 6) is 0.0224. The first kappa shape index (κ1) is 24.1. The Labute approximate surface area is 205 Å². The fourth-order valence-electron chi connectivity index (χ4n) is 3.24. The highest BCUT2D eigenvalue weighted by atomic mass is 32.2. The van der Waals surface area contributed by atoms with Crippen molar-refractivity contribution in [2.24, 2.45) is 0 Å². The predicted octanol–water partition coefficient (Wildman–Crippen LogP) is 5.60. The van der Waals surface area contributed by atoms with Crippen LogP contribution >= 0.6 is 11.5 Å². The molecular formula is C24H19FN4O4S2. The van der Waals surface area contributed by atoms with Gasteiger partial charge in [-0.1, -0.05) is 18.2 Å². The zero-order valence-electron chi connectivity index (χ0n) is 18.6. The fraction of sp³-hybridized carbons (Fsp3) is 0.125. The Bertz CT molecular complexity index is 1500. The summed E-state index contributed by atoms with van der Waals surface area (Å²) in [7, 11) is -4.18. The average Bonchev–Trinajstić information content (AvgIpc) is 3.32. The molecule has 0 aliphatic rings. The van der Waals surface area contributed by atoms with E-state index in [1.54, 1.807) is 24.3 Å². The maximum absolute atomic E-state index is 14.3. The molecular weight excluding hydrogens is 491 g/mol. The Kier molecular flexibility index (Phi) is 6.95. The molecule has 0 bridgehead atoms. The van der Waals surface area contributed by atoms with Crippen LogP contribution in [-0.4, -0.2) is 23.9 Å². The number of nitrogens with one attached hydrogen (secondary N) is 1. The molecule has 11 heteroatoms. The highest BCUT2D eigenvalue weighted by Crippen LogP contribution is 2.39. The molecule has 0 aliphatic heterocycles. The number of benzene rings is 3. The third kappa shape index (κ3) is 5.56. The number of anilines is 1. The molecule has 178 valence electrons. The molecule has 0 aliphatic carbocycles. The van der Waals surface area contributed by atoms with Crippen molar-refractivity contribution in [3.8, 4) is 34.4 Å². The Morgan fingerprint density at radius 1 is 1.11 bits per heavy atom. The van der Waals surface area contributed by atoms with Gasteiger partial charge in [0.15, 0.2) is 5.75 Å². The van der Waals surface area contributed by atoms with Gasteiger partial charge in [-0.05, 0) is 61.9 Å². The first-order valence-corrected chi connectivity index (χ1v) is 12.6. The number of hydrogen-bond donors (Lipinski definition) is 1. The quantitative estimate of drug-likeness (QED) is 0.328. The van der Waals surface area contributed by atoms with Crippen LogP contribution in [0.15, 0.2) is 71.9 Å². The van der Waals surface area contributed by atoms with Crippen molar-refractivity contribution < 1.29 is 22.3 Å². The van der Waals surface area contributed by atoms with Crippen LogP contribution in [0.25, 0.3) is 11.1 Å². The van der Waals surface area contributed by atoms with E-state index >= 15 is 0 Å². The van der Waals surface area contributed by atoms with E-state index in [-0.39, 0.29) is 33.2 Å². The van der Waals surface area contributed by atoms with E-state index in [0.29, 0.717) is 16.9 Å². The van der Waals surface area contributed by atoms with E-state index in [0.717, 1.165) is 11.5 Å². The summed E-state index contributed by atoms with van der Waals surface area (Å²) >= 11 is 0.860. The topological polar surface area (TPSA) is 114 Å². The minimum absolute atomic E-state index is 0.0164.